The van der Waals surface area contributed by atoms with Crippen molar-refractivity contribution in [1.82, 2.24) is 0 Å². The molecule has 4 nitrogen and oxygen atoms in total. The van der Waals surface area contributed by atoms with Gasteiger partial charge < -0.3 is 14.4 Å². The lowest BCUT2D eigenvalue weighted by atomic mass is 10.2. The fraction of sp³-hybridized carbons (Fsp3) is 0.368. The van der Waals surface area contributed by atoms with E-state index in [4.69, 9.17) is 9.05 Å². The zero-order valence-electron chi connectivity index (χ0n) is 14.7. The molecule has 0 aromatic heterocycles. The van der Waals surface area contributed by atoms with Crippen LogP contribution in [0.25, 0.3) is 0 Å². The van der Waals surface area contributed by atoms with Crippen molar-refractivity contribution in [3.05, 3.63) is 66.2 Å². The molecular formula is C19H26NO3P. The maximum atomic E-state index is 13.6. The molecule has 2 rings (SSSR count). The van der Waals surface area contributed by atoms with Crippen LogP contribution in [-0.2, 0) is 13.6 Å². The van der Waals surface area contributed by atoms with E-state index in [9.17, 15) is 4.57 Å². The number of rotatable bonds is 8. The molecule has 0 bridgehead atoms. The van der Waals surface area contributed by atoms with E-state index >= 15 is 0 Å². The van der Waals surface area contributed by atoms with E-state index in [0.717, 1.165) is 11.3 Å². The van der Waals surface area contributed by atoms with Crippen molar-refractivity contribution in [1.29, 1.82) is 0 Å². The highest BCUT2D eigenvalue weighted by Crippen LogP contribution is 2.62. The van der Waals surface area contributed by atoms with Crippen molar-refractivity contribution in [3.8, 4) is 0 Å². The van der Waals surface area contributed by atoms with E-state index in [1.54, 1.807) is 0 Å². The molecular weight excluding hydrogens is 321 g/mol. The summed E-state index contributed by atoms with van der Waals surface area (Å²) < 4.78 is 25.2. The van der Waals surface area contributed by atoms with Crippen molar-refractivity contribution >= 4 is 13.3 Å². The first-order valence-corrected chi connectivity index (χ1v) is 9.85. The Kier molecular flexibility index (Phi) is 6.61. The lowest BCUT2D eigenvalue weighted by Crippen LogP contribution is -2.19. The molecule has 1 atom stereocenters. The predicted octanol–water partition coefficient (Wildman–Crippen LogP) is 5.84. The van der Waals surface area contributed by atoms with Gasteiger partial charge in [0, 0.05) is 5.69 Å². The Morgan fingerprint density at radius 3 is 1.71 bits per heavy atom. The van der Waals surface area contributed by atoms with Gasteiger partial charge in [0.2, 0.25) is 0 Å². The number of benzene rings is 2. The minimum atomic E-state index is -3.44. The minimum Gasteiger partial charge on any atom is -0.368 e. The number of nitrogens with one attached hydrogen (secondary N) is 1. The molecule has 0 aliphatic heterocycles. The van der Waals surface area contributed by atoms with E-state index in [0.29, 0.717) is 0 Å². The molecule has 0 saturated carbocycles. The summed E-state index contributed by atoms with van der Waals surface area (Å²) in [5, 5.41) is 3.33. The van der Waals surface area contributed by atoms with Crippen LogP contribution in [0.2, 0.25) is 0 Å². The second-order valence-electron chi connectivity index (χ2n) is 6.17. The van der Waals surface area contributed by atoms with E-state index in [1.807, 2.05) is 88.4 Å². The molecule has 130 valence electrons. The second kappa shape index (κ2) is 8.48. The van der Waals surface area contributed by atoms with Crippen molar-refractivity contribution < 1.29 is 13.6 Å². The molecule has 24 heavy (non-hydrogen) atoms. The molecule has 0 amide bonds. The molecule has 0 aliphatic rings. The Morgan fingerprint density at radius 2 is 1.25 bits per heavy atom. The normalized spacial score (nSPS) is 13.2. The molecule has 0 aliphatic carbocycles. The first-order chi connectivity index (χ1) is 11.4. The Bertz CT molecular complexity index is 645. The van der Waals surface area contributed by atoms with Gasteiger partial charge in [0.1, 0.15) is 0 Å². The van der Waals surface area contributed by atoms with E-state index in [1.165, 1.54) is 0 Å². The number of hydrogen-bond acceptors (Lipinski definition) is 4. The average Bonchev–Trinajstić information content (AvgIpc) is 2.52. The van der Waals surface area contributed by atoms with Crippen molar-refractivity contribution in [2.45, 2.75) is 45.7 Å². The van der Waals surface area contributed by atoms with Gasteiger partial charge in [0.05, 0.1) is 12.2 Å². The Morgan fingerprint density at radius 1 is 0.792 bits per heavy atom. The summed E-state index contributed by atoms with van der Waals surface area (Å²) >= 11 is 0. The maximum Gasteiger partial charge on any atom is 0.357 e. The van der Waals surface area contributed by atoms with Crippen LogP contribution in [0.3, 0.4) is 0 Å². The van der Waals surface area contributed by atoms with Crippen LogP contribution in [0.5, 0.6) is 0 Å². The highest BCUT2D eigenvalue weighted by molar-refractivity contribution is 7.54. The van der Waals surface area contributed by atoms with Crippen LogP contribution in [0, 0.1) is 0 Å². The summed E-state index contributed by atoms with van der Waals surface area (Å²) in [6.45, 7) is 7.45. The Labute approximate surface area is 144 Å². The van der Waals surface area contributed by atoms with Crippen LogP contribution in [0.4, 0.5) is 5.69 Å². The van der Waals surface area contributed by atoms with E-state index in [-0.39, 0.29) is 12.2 Å². The number of hydrogen-bond donors (Lipinski definition) is 1. The van der Waals surface area contributed by atoms with Crippen LogP contribution >= 0.6 is 7.60 Å². The smallest absolute Gasteiger partial charge is 0.357 e. The molecule has 0 fully saturated rings. The third-order valence-electron chi connectivity index (χ3n) is 3.22. The fourth-order valence-electron chi connectivity index (χ4n) is 2.41. The summed E-state index contributed by atoms with van der Waals surface area (Å²) in [5.74, 6) is -0.578. The van der Waals surface area contributed by atoms with E-state index < -0.39 is 13.4 Å². The Hall–Kier alpha value is -1.61. The number of para-hydroxylation sites is 1. The molecule has 2 aromatic rings. The topological polar surface area (TPSA) is 47.6 Å². The van der Waals surface area contributed by atoms with E-state index in [2.05, 4.69) is 5.32 Å². The lowest BCUT2D eigenvalue weighted by Gasteiger charge is -2.31. The highest BCUT2D eigenvalue weighted by atomic mass is 31.2. The second-order valence-corrected chi connectivity index (χ2v) is 8.19. The molecule has 0 spiro atoms. The van der Waals surface area contributed by atoms with Crippen molar-refractivity contribution in [2.24, 2.45) is 0 Å². The van der Waals surface area contributed by atoms with Gasteiger partial charge in [0.25, 0.3) is 0 Å². The van der Waals surface area contributed by atoms with Gasteiger partial charge in [-0.2, -0.15) is 0 Å². The summed E-state index contributed by atoms with van der Waals surface area (Å²) in [5.41, 5.74) is 1.73. The quantitative estimate of drug-likeness (QED) is 0.609. The summed E-state index contributed by atoms with van der Waals surface area (Å²) in [6.07, 6.45) is -0.420. The minimum absolute atomic E-state index is 0.210. The van der Waals surface area contributed by atoms with Gasteiger partial charge in [-0.15, -0.1) is 0 Å². The average molecular weight is 347 g/mol. The molecule has 1 N–H and O–H groups in total. The van der Waals surface area contributed by atoms with Crippen LogP contribution < -0.4 is 5.32 Å². The largest absolute Gasteiger partial charge is 0.368 e. The maximum absolute atomic E-state index is 13.6. The lowest BCUT2D eigenvalue weighted by molar-refractivity contribution is 0.138. The summed E-state index contributed by atoms with van der Waals surface area (Å²) in [4.78, 5) is 0. The summed E-state index contributed by atoms with van der Waals surface area (Å²) in [6, 6.07) is 19.3. The van der Waals surface area contributed by atoms with Gasteiger partial charge in [-0.05, 0) is 45.4 Å². The molecule has 5 heteroatoms. The standard InChI is InChI=1S/C19H26NO3P/c1-15(2)22-24(21,23-16(3)4)19(17-11-7-5-8-12-17)20-18-13-9-6-10-14-18/h5-16,19-20H,1-4H3/t19-/m1/s1. The molecule has 0 unspecified atom stereocenters. The van der Waals surface area contributed by atoms with Gasteiger partial charge in [-0.25, -0.2) is 0 Å². The van der Waals surface area contributed by atoms with Gasteiger partial charge in [-0.3, -0.25) is 4.57 Å². The first-order valence-electron chi connectivity index (χ1n) is 8.24. The van der Waals surface area contributed by atoms with Gasteiger partial charge >= 0.3 is 7.60 Å². The van der Waals surface area contributed by atoms with Crippen LogP contribution in [0.1, 0.15) is 39.0 Å². The molecule has 0 radical (unpaired) electrons. The monoisotopic (exact) mass is 347 g/mol. The third kappa shape index (κ3) is 5.20. The first kappa shape index (κ1) is 18.7. The van der Waals surface area contributed by atoms with Gasteiger partial charge in [-0.1, -0.05) is 48.5 Å². The zero-order chi connectivity index (χ0) is 17.6. The summed E-state index contributed by atoms with van der Waals surface area (Å²) in [7, 11) is -3.44. The fourth-order valence-corrected chi connectivity index (χ4v) is 4.72. The SMILES string of the molecule is CC(C)OP(=O)(OC(C)C)[C@@H](Nc1ccccc1)c1ccccc1. The molecule has 0 saturated heterocycles. The predicted molar refractivity (Wildman–Crippen MR) is 99.3 cm³/mol. The van der Waals surface area contributed by atoms with Crippen LogP contribution in [-0.4, -0.2) is 12.2 Å². The Balaban J connectivity index is 2.43. The van der Waals surface area contributed by atoms with Crippen LogP contribution in [0.15, 0.2) is 60.7 Å². The third-order valence-corrected chi connectivity index (χ3v) is 5.71. The van der Waals surface area contributed by atoms with Crippen molar-refractivity contribution in [3.63, 3.8) is 0 Å². The zero-order valence-corrected chi connectivity index (χ0v) is 15.6. The highest BCUT2D eigenvalue weighted by Gasteiger charge is 2.39. The molecule has 0 heterocycles. The molecule has 2 aromatic carbocycles. The number of anilines is 1. The van der Waals surface area contributed by atoms with Crippen molar-refractivity contribution in [2.75, 3.05) is 5.32 Å². The van der Waals surface area contributed by atoms with Gasteiger partial charge in [0.15, 0.2) is 5.78 Å².